The van der Waals surface area contributed by atoms with Crippen molar-refractivity contribution in [1.29, 1.82) is 0 Å². The van der Waals surface area contributed by atoms with Crippen LogP contribution in [0.15, 0.2) is 0 Å². The number of carboxylic acid groups (broad SMARTS) is 1. The molecule has 0 saturated heterocycles. The molecule has 0 aliphatic heterocycles. The Kier molecular flexibility index (Phi) is 30.6. The Bertz CT molecular complexity index is 651. The van der Waals surface area contributed by atoms with E-state index in [-0.39, 0.29) is 18.7 Å². The minimum Gasteiger partial charge on any atom is -0.481 e. The molecule has 0 aliphatic rings. The van der Waals surface area contributed by atoms with Crippen molar-refractivity contribution in [3.63, 3.8) is 0 Å². The fourth-order valence-electron chi connectivity index (χ4n) is 5.61. The first-order valence-corrected chi connectivity index (χ1v) is 18.5. The van der Waals surface area contributed by atoms with E-state index in [2.05, 4.69) is 26.1 Å². The number of hydrogen-bond donors (Lipinski definition) is 2. The van der Waals surface area contributed by atoms with E-state index >= 15 is 0 Å². The van der Waals surface area contributed by atoms with Crippen LogP contribution in [0.3, 0.4) is 0 Å². The van der Waals surface area contributed by atoms with Crippen molar-refractivity contribution in [3.8, 4) is 0 Å². The number of carbonyl (C=O) groups is 3. The van der Waals surface area contributed by atoms with Crippen LogP contribution >= 0.6 is 0 Å². The summed E-state index contributed by atoms with van der Waals surface area (Å²) in [6.07, 6.45) is 31.5. The maximum Gasteiger partial charge on any atom is 0.328 e. The summed E-state index contributed by atoms with van der Waals surface area (Å²) < 4.78 is 5.42. The number of amides is 1. The molecular weight excluding hydrogens is 538 g/mol. The predicted molar refractivity (Wildman–Crippen MR) is 180 cm³/mol. The summed E-state index contributed by atoms with van der Waals surface area (Å²) in [4.78, 5) is 36.0. The summed E-state index contributed by atoms with van der Waals surface area (Å²) in [6.45, 7) is 7.18. The summed E-state index contributed by atoms with van der Waals surface area (Å²) in [5, 5.41) is 11.8. The van der Waals surface area contributed by atoms with Gasteiger partial charge in [-0.1, -0.05) is 168 Å². The summed E-state index contributed by atoms with van der Waals surface area (Å²) in [5.74, 6) is -0.828. The highest BCUT2D eigenvalue weighted by Crippen LogP contribution is 2.15. The van der Waals surface area contributed by atoms with Crippen LogP contribution in [-0.4, -0.2) is 35.6 Å². The number of carbonyl (C=O) groups excluding carboxylic acids is 2. The van der Waals surface area contributed by atoms with E-state index in [9.17, 15) is 14.4 Å². The second-order valence-electron chi connectivity index (χ2n) is 13.3. The molecule has 1 atom stereocenters. The van der Waals surface area contributed by atoms with Crippen molar-refractivity contribution < 1.29 is 24.2 Å². The topological polar surface area (TPSA) is 92.7 Å². The molecule has 0 aromatic rings. The van der Waals surface area contributed by atoms with Crippen LogP contribution in [0, 0.1) is 5.92 Å². The lowest BCUT2D eigenvalue weighted by Gasteiger charge is -2.17. The van der Waals surface area contributed by atoms with E-state index in [4.69, 9.17) is 9.84 Å². The maximum atomic E-state index is 12.6. The summed E-state index contributed by atoms with van der Waals surface area (Å²) in [6, 6.07) is -0.878. The van der Waals surface area contributed by atoms with Gasteiger partial charge in [0.15, 0.2) is 0 Å². The molecule has 0 radical (unpaired) electrons. The summed E-state index contributed by atoms with van der Waals surface area (Å²) in [7, 11) is 0. The molecule has 6 nitrogen and oxygen atoms in total. The molecule has 254 valence electrons. The van der Waals surface area contributed by atoms with E-state index in [0.29, 0.717) is 13.0 Å². The Morgan fingerprint density at radius 1 is 0.558 bits per heavy atom. The van der Waals surface area contributed by atoms with Crippen LogP contribution in [0.2, 0.25) is 0 Å². The number of carboxylic acids is 1. The molecule has 2 N–H and O–H groups in total. The number of esters is 1. The zero-order valence-electron chi connectivity index (χ0n) is 28.7. The minimum atomic E-state index is -0.978. The van der Waals surface area contributed by atoms with Gasteiger partial charge in [-0.2, -0.15) is 0 Å². The van der Waals surface area contributed by atoms with Crippen LogP contribution in [0.25, 0.3) is 0 Å². The zero-order valence-corrected chi connectivity index (χ0v) is 28.7. The molecule has 6 heteroatoms. The lowest BCUT2D eigenvalue weighted by Crippen LogP contribution is -2.42. The average Bonchev–Trinajstić information content (AvgIpc) is 2.97. The molecule has 0 spiro atoms. The van der Waals surface area contributed by atoms with Gasteiger partial charge in [0.25, 0.3) is 0 Å². The Morgan fingerprint density at radius 2 is 0.977 bits per heavy atom. The van der Waals surface area contributed by atoms with Crippen LogP contribution in [0.5, 0.6) is 0 Å². The first-order valence-electron chi connectivity index (χ1n) is 18.5. The highest BCUT2D eigenvalue weighted by Gasteiger charge is 2.23. The molecule has 0 heterocycles. The highest BCUT2D eigenvalue weighted by atomic mass is 16.5. The van der Waals surface area contributed by atoms with E-state index in [1.165, 1.54) is 122 Å². The third-order valence-electron chi connectivity index (χ3n) is 8.44. The van der Waals surface area contributed by atoms with E-state index in [0.717, 1.165) is 44.4 Å². The predicted octanol–water partition coefficient (Wildman–Crippen LogP) is 10.7. The normalized spacial score (nSPS) is 12.0. The third kappa shape index (κ3) is 31.6. The first-order chi connectivity index (χ1) is 20.9. The summed E-state index contributed by atoms with van der Waals surface area (Å²) >= 11 is 0. The summed E-state index contributed by atoms with van der Waals surface area (Å²) in [5.41, 5.74) is 0. The Balaban J connectivity index is 3.78. The average molecular weight is 610 g/mol. The molecule has 0 bridgehead atoms. The third-order valence-corrected chi connectivity index (χ3v) is 8.44. The molecule has 0 saturated carbocycles. The van der Waals surface area contributed by atoms with Crippen LogP contribution in [0.1, 0.15) is 201 Å². The molecule has 0 unspecified atom stereocenters. The van der Waals surface area contributed by atoms with Gasteiger partial charge < -0.3 is 15.2 Å². The number of hydrogen-bond acceptors (Lipinski definition) is 4. The Morgan fingerprint density at radius 3 is 1.42 bits per heavy atom. The molecule has 0 aromatic heterocycles. The lowest BCUT2D eigenvalue weighted by molar-refractivity contribution is -0.148. The number of ether oxygens (including phenoxy) is 1. The first kappa shape index (κ1) is 41.4. The van der Waals surface area contributed by atoms with Crippen molar-refractivity contribution in [2.75, 3.05) is 6.61 Å². The Hall–Kier alpha value is -1.59. The van der Waals surface area contributed by atoms with Crippen molar-refractivity contribution >= 4 is 17.8 Å². The van der Waals surface area contributed by atoms with E-state index in [1.807, 2.05) is 0 Å². The highest BCUT2D eigenvalue weighted by molar-refractivity contribution is 5.84. The SMILES string of the molecule is CCCCCCCCCCCC(=O)N[C@@H](CCC(=O)O)C(=O)OCCCCCCCCCCCCCCCCCC(C)C. The van der Waals surface area contributed by atoms with Gasteiger partial charge in [0.05, 0.1) is 6.61 Å². The fraction of sp³-hybridized carbons (Fsp3) is 0.919. The molecule has 0 aliphatic carbocycles. The van der Waals surface area contributed by atoms with Gasteiger partial charge in [0.1, 0.15) is 6.04 Å². The van der Waals surface area contributed by atoms with Crippen LogP contribution < -0.4 is 5.32 Å². The number of rotatable bonds is 33. The number of unbranched alkanes of at least 4 members (excludes halogenated alkanes) is 22. The van der Waals surface area contributed by atoms with Gasteiger partial charge >= 0.3 is 11.9 Å². The molecular formula is C37H71NO5. The second-order valence-corrected chi connectivity index (χ2v) is 13.3. The van der Waals surface area contributed by atoms with Crippen LogP contribution in [0.4, 0.5) is 0 Å². The van der Waals surface area contributed by atoms with Crippen molar-refractivity contribution in [3.05, 3.63) is 0 Å². The number of aliphatic carboxylic acids is 1. The second kappa shape index (κ2) is 31.8. The van der Waals surface area contributed by atoms with Gasteiger partial charge in [-0.15, -0.1) is 0 Å². The van der Waals surface area contributed by atoms with Crippen molar-refractivity contribution in [1.82, 2.24) is 5.32 Å². The van der Waals surface area contributed by atoms with Gasteiger partial charge in [-0.3, -0.25) is 9.59 Å². The smallest absolute Gasteiger partial charge is 0.328 e. The molecule has 0 rings (SSSR count). The lowest BCUT2D eigenvalue weighted by atomic mass is 10.0. The monoisotopic (exact) mass is 610 g/mol. The quantitative estimate of drug-likeness (QED) is 0.0570. The van der Waals surface area contributed by atoms with Gasteiger partial charge in [0, 0.05) is 12.8 Å². The molecule has 43 heavy (non-hydrogen) atoms. The van der Waals surface area contributed by atoms with Gasteiger partial charge in [-0.25, -0.2) is 4.79 Å². The number of nitrogens with one attached hydrogen (secondary N) is 1. The molecule has 0 aromatic carbocycles. The molecule has 1 amide bonds. The standard InChI is InChI=1S/C37H71NO5/c1-4-5-6-7-8-16-20-23-26-29-35(39)38-34(30-31-36(40)41)37(42)43-32-27-24-21-18-15-13-11-9-10-12-14-17-19-22-25-28-33(2)3/h33-34H,4-32H2,1-3H3,(H,38,39)(H,40,41)/t34-/m0/s1. The van der Waals surface area contributed by atoms with Crippen LogP contribution in [-0.2, 0) is 19.1 Å². The maximum absolute atomic E-state index is 12.6. The van der Waals surface area contributed by atoms with E-state index < -0.39 is 18.0 Å². The largest absolute Gasteiger partial charge is 0.481 e. The zero-order chi connectivity index (χ0) is 31.8. The van der Waals surface area contributed by atoms with E-state index in [1.54, 1.807) is 0 Å². The van der Waals surface area contributed by atoms with Crippen molar-refractivity contribution in [2.45, 2.75) is 207 Å². The van der Waals surface area contributed by atoms with Gasteiger partial charge in [-0.05, 0) is 25.2 Å². The fourth-order valence-corrected chi connectivity index (χ4v) is 5.61. The Labute approximate surface area is 266 Å². The van der Waals surface area contributed by atoms with Gasteiger partial charge in [0.2, 0.25) is 5.91 Å². The molecule has 0 fully saturated rings. The minimum absolute atomic E-state index is 0.0656. The van der Waals surface area contributed by atoms with Crippen molar-refractivity contribution in [2.24, 2.45) is 5.92 Å².